The Hall–Kier alpha value is -2.40. The van der Waals surface area contributed by atoms with Crippen LogP contribution in [-0.4, -0.2) is 29.5 Å². The van der Waals surface area contributed by atoms with Gasteiger partial charge in [0.15, 0.2) is 0 Å². The largest absolute Gasteiger partial charge is 0.489 e. The Balaban J connectivity index is 0.00000240. The van der Waals surface area contributed by atoms with Crippen LogP contribution in [0.3, 0.4) is 0 Å². The minimum absolute atomic E-state index is 0. The fourth-order valence-electron chi connectivity index (χ4n) is 4.07. The molecular weight excluding hydrogens is 382 g/mol. The first kappa shape index (κ1) is 21.3. The van der Waals surface area contributed by atoms with Crippen molar-refractivity contribution in [3.63, 3.8) is 0 Å². The average Bonchev–Trinajstić information content (AvgIpc) is 3.17. The van der Waals surface area contributed by atoms with Crippen LogP contribution in [0.2, 0.25) is 0 Å². The number of hydrogen-bond donors (Lipinski definition) is 1. The van der Waals surface area contributed by atoms with Gasteiger partial charge in [-0.2, -0.15) is 0 Å². The average molecular weight is 410 g/mol. The van der Waals surface area contributed by atoms with E-state index in [0.717, 1.165) is 37.5 Å². The molecule has 1 aliphatic rings. The lowest BCUT2D eigenvalue weighted by atomic mass is 9.89. The Kier molecular flexibility index (Phi) is 7.64. The van der Waals surface area contributed by atoms with Crippen LogP contribution in [0.5, 0.6) is 5.75 Å². The topological polar surface area (TPSA) is 51.4 Å². The van der Waals surface area contributed by atoms with Gasteiger partial charge in [0.05, 0.1) is 0 Å². The van der Waals surface area contributed by atoms with E-state index in [2.05, 4.69) is 58.4 Å². The zero-order chi connectivity index (χ0) is 19.2. The van der Waals surface area contributed by atoms with Gasteiger partial charge in [-0.25, -0.2) is 0 Å². The van der Waals surface area contributed by atoms with Crippen LogP contribution in [0.1, 0.15) is 22.6 Å². The normalized spacial score (nSPS) is 18.9. The summed E-state index contributed by atoms with van der Waals surface area (Å²) in [4.78, 5) is 6.66. The summed E-state index contributed by atoms with van der Waals surface area (Å²) in [7, 11) is 0. The molecule has 0 radical (unpaired) electrons. The number of rotatable bonds is 7. The Labute approximate surface area is 179 Å². The predicted molar refractivity (Wildman–Crippen MR) is 119 cm³/mol. The van der Waals surface area contributed by atoms with Crippen molar-refractivity contribution in [1.29, 1.82) is 0 Å². The van der Waals surface area contributed by atoms with Gasteiger partial charge >= 0.3 is 0 Å². The molecule has 0 aliphatic carbocycles. The van der Waals surface area contributed by atoms with Gasteiger partial charge < -0.3 is 10.5 Å². The Morgan fingerprint density at radius 1 is 0.966 bits per heavy atom. The van der Waals surface area contributed by atoms with E-state index in [9.17, 15) is 0 Å². The van der Waals surface area contributed by atoms with Gasteiger partial charge in [0.25, 0.3) is 0 Å². The van der Waals surface area contributed by atoms with Gasteiger partial charge in [-0.1, -0.05) is 54.6 Å². The number of nitrogens with two attached hydrogens (primary N) is 1. The van der Waals surface area contributed by atoms with Crippen molar-refractivity contribution in [1.82, 2.24) is 9.88 Å². The van der Waals surface area contributed by atoms with E-state index >= 15 is 0 Å². The molecule has 2 aromatic carbocycles. The van der Waals surface area contributed by atoms with Crippen LogP contribution in [0.25, 0.3) is 0 Å². The summed E-state index contributed by atoms with van der Waals surface area (Å²) in [5.41, 5.74) is 9.79. The summed E-state index contributed by atoms with van der Waals surface area (Å²) in [6.07, 6.45) is 3.63. The molecule has 0 bridgehead atoms. The number of nitrogens with zero attached hydrogens (tertiary/aromatic N) is 2. The lowest BCUT2D eigenvalue weighted by Gasteiger charge is -2.19. The van der Waals surface area contributed by atoms with Crippen LogP contribution >= 0.6 is 12.4 Å². The molecule has 2 atom stereocenters. The second-order valence-corrected chi connectivity index (χ2v) is 7.46. The highest BCUT2D eigenvalue weighted by atomic mass is 35.5. The van der Waals surface area contributed by atoms with Crippen LogP contribution in [-0.2, 0) is 13.2 Å². The molecule has 152 valence electrons. The SMILES string of the molecule is Cl.NC[C@@H]1CN(Cc2ccccc2OCc2cccnc2)C[C@H]1c1ccccc1. The highest BCUT2D eigenvalue weighted by Crippen LogP contribution is 2.33. The summed E-state index contributed by atoms with van der Waals surface area (Å²) < 4.78 is 6.11. The number of hydrogen-bond acceptors (Lipinski definition) is 4. The number of para-hydroxylation sites is 1. The Morgan fingerprint density at radius 3 is 2.52 bits per heavy atom. The summed E-state index contributed by atoms with van der Waals surface area (Å²) >= 11 is 0. The van der Waals surface area contributed by atoms with Gasteiger partial charge in [-0.05, 0) is 30.2 Å². The molecule has 29 heavy (non-hydrogen) atoms. The van der Waals surface area contributed by atoms with Gasteiger partial charge in [-0.15, -0.1) is 12.4 Å². The van der Waals surface area contributed by atoms with Crippen molar-refractivity contribution in [2.24, 2.45) is 11.7 Å². The molecular formula is C24H28ClN3O. The lowest BCUT2D eigenvalue weighted by Crippen LogP contribution is -2.23. The zero-order valence-corrected chi connectivity index (χ0v) is 17.3. The van der Waals surface area contributed by atoms with Crippen molar-refractivity contribution < 1.29 is 4.74 Å². The minimum Gasteiger partial charge on any atom is -0.489 e. The molecule has 0 unspecified atom stereocenters. The predicted octanol–water partition coefficient (Wildman–Crippen LogP) is 4.26. The fourth-order valence-corrected chi connectivity index (χ4v) is 4.07. The summed E-state index contributed by atoms with van der Waals surface area (Å²) in [6, 6.07) is 23.0. The molecule has 0 spiro atoms. The van der Waals surface area contributed by atoms with E-state index in [1.165, 1.54) is 11.1 Å². The standard InChI is InChI=1S/C24H27N3O.ClH/c25-13-22-16-27(17-23(22)20-8-2-1-3-9-20)15-21-10-4-5-11-24(21)28-18-19-7-6-12-26-14-19;/h1-12,14,22-23H,13,15-18,25H2;1H/t22-,23+;/m1./s1. The quantitative estimate of drug-likeness (QED) is 0.633. The first-order valence-electron chi connectivity index (χ1n) is 9.90. The van der Waals surface area contributed by atoms with E-state index in [0.29, 0.717) is 18.4 Å². The van der Waals surface area contributed by atoms with Crippen molar-refractivity contribution in [3.05, 3.63) is 95.8 Å². The molecule has 4 rings (SSSR count). The molecule has 5 heteroatoms. The Bertz CT molecular complexity index is 876. The van der Waals surface area contributed by atoms with Gasteiger partial charge in [0.2, 0.25) is 0 Å². The molecule has 1 aromatic heterocycles. The van der Waals surface area contributed by atoms with Gasteiger partial charge in [0, 0.05) is 49.1 Å². The van der Waals surface area contributed by atoms with Crippen molar-refractivity contribution >= 4 is 12.4 Å². The number of halogens is 1. The molecule has 1 saturated heterocycles. The first-order valence-corrected chi connectivity index (χ1v) is 9.90. The molecule has 3 aromatic rings. The second kappa shape index (κ2) is 10.4. The fraction of sp³-hybridized carbons (Fsp3) is 0.292. The summed E-state index contributed by atoms with van der Waals surface area (Å²) in [6.45, 7) is 4.18. The van der Waals surface area contributed by atoms with Crippen LogP contribution in [0.4, 0.5) is 0 Å². The van der Waals surface area contributed by atoms with E-state index in [1.54, 1.807) is 6.20 Å². The molecule has 1 aliphatic heterocycles. The highest BCUT2D eigenvalue weighted by Gasteiger charge is 2.32. The van der Waals surface area contributed by atoms with Crippen molar-refractivity contribution in [3.8, 4) is 5.75 Å². The number of ether oxygens (including phenoxy) is 1. The van der Waals surface area contributed by atoms with E-state index in [-0.39, 0.29) is 12.4 Å². The highest BCUT2D eigenvalue weighted by molar-refractivity contribution is 5.85. The summed E-state index contributed by atoms with van der Waals surface area (Å²) in [5, 5.41) is 0. The monoisotopic (exact) mass is 409 g/mol. The molecule has 1 fully saturated rings. The zero-order valence-electron chi connectivity index (χ0n) is 16.5. The number of pyridine rings is 1. The number of likely N-dealkylation sites (tertiary alicyclic amines) is 1. The maximum atomic E-state index is 6.11. The molecule has 4 nitrogen and oxygen atoms in total. The van der Waals surface area contributed by atoms with Crippen molar-refractivity contribution in [2.75, 3.05) is 19.6 Å². The summed E-state index contributed by atoms with van der Waals surface area (Å²) in [5.74, 6) is 1.93. The maximum Gasteiger partial charge on any atom is 0.124 e. The minimum atomic E-state index is 0. The third kappa shape index (κ3) is 5.36. The molecule has 0 saturated carbocycles. The van der Waals surface area contributed by atoms with Crippen molar-refractivity contribution in [2.45, 2.75) is 19.1 Å². The third-order valence-corrected chi connectivity index (χ3v) is 5.53. The van der Waals surface area contributed by atoms with Gasteiger partial charge in [-0.3, -0.25) is 9.88 Å². The van der Waals surface area contributed by atoms with Crippen LogP contribution in [0, 0.1) is 5.92 Å². The van der Waals surface area contributed by atoms with E-state index in [4.69, 9.17) is 10.5 Å². The smallest absolute Gasteiger partial charge is 0.124 e. The molecule has 2 N–H and O–H groups in total. The number of aromatic nitrogens is 1. The Morgan fingerprint density at radius 2 is 1.76 bits per heavy atom. The van der Waals surface area contributed by atoms with E-state index in [1.807, 2.05) is 24.4 Å². The lowest BCUT2D eigenvalue weighted by molar-refractivity contribution is 0.281. The van der Waals surface area contributed by atoms with Crippen LogP contribution < -0.4 is 10.5 Å². The number of benzene rings is 2. The second-order valence-electron chi connectivity index (χ2n) is 7.46. The third-order valence-electron chi connectivity index (χ3n) is 5.53. The van der Waals surface area contributed by atoms with Gasteiger partial charge in [0.1, 0.15) is 12.4 Å². The van der Waals surface area contributed by atoms with E-state index < -0.39 is 0 Å². The van der Waals surface area contributed by atoms with Crippen LogP contribution in [0.15, 0.2) is 79.1 Å². The molecule has 2 heterocycles. The molecule has 0 amide bonds. The first-order chi connectivity index (χ1) is 13.8. The maximum absolute atomic E-state index is 6.11.